The molecule has 0 aromatic rings. The van der Waals surface area contributed by atoms with Crippen LogP contribution in [0.4, 0.5) is 0 Å². The second-order valence-electron chi connectivity index (χ2n) is 4.04. The lowest BCUT2D eigenvalue weighted by Crippen LogP contribution is -2.38. The molecule has 78 valence electrons. The van der Waals surface area contributed by atoms with Crippen LogP contribution >= 0.6 is 0 Å². The topological polar surface area (TPSA) is 46.2 Å². The Balaban J connectivity index is 2.56. The molecule has 0 aliphatic heterocycles. The lowest BCUT2D eigenvalue weighted by atomic mass is 9.98. The maximum atomic E-state index is 11.3. The van der Waals surface area contributed by atoms with E-state index in [-0.39, 0.29) is 11.8 Å². The largest absolute Gasteiger partial charge is 0.212 e. The standard InChI is InChI=1S/C9H19NO2S/c1-4-13(11,12)10-9-6-5-7(2)8(9)3/h7-10H,4-6H2,1-3H3. The highest BCUT2D eigenvalue weighted by molar-refractivity contribution is 7.89. The van der Waals surface area contributed by atoms with Crippen molar-refractivity contribution >= 4 is 10.0 Å². The van der Waals surface area contributed by atoms with Crippen LogP contribution in [0.15, 0.2) is 0 Å². The van der Waals surface area contributed by atoms with Crippen molar-refractivity contribution in [2.75, 3.05) is 5.75 Å². The van der Waals surface area contributed by atoms with Crippen molar-refractivity contribution in [3.05, 3.63) is 0 Å². The molecule has 1 saturated carbocycles. The second kappa shape index (κ2) is 3.96. The molecule has 13 heavy (non-hydrogen) atoms. The zero-order chi connectivity index (χ0) is 10.1. The number of hydrogen-bond donors (Lipinski definition) is 1. The van der Waals surface area contributed by atoms with Gasteiger partial charge < -0.3 is 0 Å². The minimum atomic E-state index is -3.01. The van der Waals surface area contributed by atoms with Gasteiger partial charge in [-0.2, -0.15) is 0 Å². The van der Waals surface area contributed by atoms with Crippen molar-refractivity contribution in [1.29, 1.82) is 0 Å². The zero-order valence-electron chi connectivity index (χ0n) is 8.58. The fourth-order valence-electron chi connectivity index (χ4n) is 1.85. The van der Waals surface area contributed by atoms with Gasteiger partial charge in [0.2, 0.25) is 10.0 Å². The highest BCUT2D eigenvalue weighted by Crippen LogP contribution is 2.31. The van der Waals surface area contributed by atoms with Crippen LogP contribution < -0.4 is 4.72 Å². The summed E-state index contributed by atoms with van der Waals surface area (Å²) in [5.74, 6) is 1.30. The van der Waals surface area contributed by atoms with Gasteiger partial charge in [0.15, 0.2) is 0 Å². The summed E-state index contributed by atoms with van der Waals surface area (Å²) in [6, 6.07) is 0.167. The molecule has 0 bridgehead atoms. The van der Waals surface area contributed by atoms with Gasteiger partial charge >= 0.3 is 0 Å². The van der Waals surface area contributed by atoms with E-state index >= 15 is 0 Å². The molecule has 3 nitrogen and oxygen atoms in total. The average Bonchev–Trinajstić information content (AvgIpc) is 2.36. The molecule has 0 aromatic carbocycles. The fraction of sp³-hybridized carbons (Fsp3) is 1.00. The Bertz CT molecular complexity index is 261. The summed E-state index contributed by atoms with van der Waals surface area (Å²) in [6.07, 6.45) is 2.12. The summed E-state index contributed by atoms with van der Waals surface area (Å²) >= 11 is 0. The average molecular weight is 205 g/mol. The van der Waals surface area contributed by atoms with E-state index in [2.05, 4.69) is 18.6 Å². The third-order valence-electron chi connectivity index (χ3n) is 3.18. The molecule has 1 N–H and O–H groups in total. The summed E-state index contributed by atoms with van der Waals surface area (Å²) in [5.41, 5.74) is 0. The fourth-order valence-corrected chi connectivity index (χ4v) is 2.81. The van der Waals surface area contributed by atoms with Gasteiger partial charge in [0.05, 0.1) is 5.75 Å². The predicted molar refractivity (Wildman–Crippen MR) is 53.9 cm³/mol. The molecule has 0 saturated heterocycles. The van der Waals surface area contributed by atoms with Crippen molar-refractivity contribution in [3.8, 4) is 0 Å². The van der Waals surface area contributed by atoms with Crippen LogP contribution in [0.25, 0.3) is 0 Å². The lowest BCUT2D eigenvalue weighted by Gasteiger charge is -2.18. The van der Waals surface area contributed by atoms with Crippen molar-refractivity contribution in [1.82, 2.24) is 4.72 Å². The highest BCUT2D eigenvalue weighted by atomic mass is 32.2. The normalized spacial score (nSPS) is 35.2. The van der Waals surface area contributed by atoms with E-state index in [1.807, 2.05) is 0 Å². The van der Waals surface area contributed by atoms with E-state index in [1.54, 1.807) is 6.92 Å². The summed E-state index contributed by atoms with van der Waals surface area (Å²) in [4.78, 5) is 0. The third-order valence-corrected chi connectivity index (χ3v) is 4.60. The zero-order valence-corrected chi connectivity index (χ0v) is 9.39. The van der Waals surface area contributed by atoms with Crippen LogP contribution in [0, 0.1) is 11.8 Å². The maximum absolute atomic E-state index is 11.3. The first kappa shape index (κ1) is 11.0. The SMILES string of the molecule is CCS(=O)(=O)NC1CCC(C)C1C. The van der Waals surface area contributed by atoms with Gasteiger partial charge in [0, 0.05) is 6.04 Å². The molecule has 1 aliphatic carbocycles. The molecule has 3 unspecified atom stereocenters. The van der Waals surface area contributed by atoms with E-state index < -0.39 is 10.0 Å². The molecule has 0 aromatic heterocycles. The van der Waals surface area contributed by atoms with Crippen LogP contribution in [0.2, 0.25) is 0 Å². The smallest absolute Gasteiger partial charge is 0.211 e. The van der Waals surface area contributed by atoms with Gasteiger partial charge in [-0.1, -0.05) is 13.8 Å². The number of nitrogens with one attached hydrogen (secondary N) is 1. The van der Waals surface area contributed by atoms with Crippen molar-refractivity contribution in [2.45, 2.75) is 39.7 Å². The molecule has 1 aliphatic rings. The Labute approximate surface area is 81.0 Å². The van der Waals surface area contributed by atoms with E-state index in [4.69, 9.17) is 0 Å². The van der Waals surface area contributed by atoms with Crippen LogP contribution in [-0.2, 0) is 10.0 Å². The van der Waals surface area contributed by atoms with Crippen molar-refractivity contribution in [2.24, 2.45) is 11.8 Å². The Morgan fingerprint density at radius 2 is 1.92 bits per heavy atom. The highest BCUT2D eigenvalue weighted by Gasteiger charge is 2.31. The number of hydrogen-bond acceptors (Lipinski definition) is 2. The van der Waals surface area contributed by atoms with E-state index in [9.17, 15) is 8.42 Å². The summed E-state index contributed by atoms with van der Waals surface area (Å²) in [7, 11) is -3.01. The van der Waals surface area contributed by atoms with Crippen LogP contribution in [0.1, 0.15) is 33.6 Å². The van der Waals surface area contributed by atoms with Gasteiger partial charge in [-0.25, -0.2) is 13.1 Å². The van der Waals surface area contributed by atoms with Gasteiger partial charge in [0.25, 0.3) is 0 Å². The van der Waals surface area contributed by atoms with Crippen molar-refractivity contribution < 1.29 is 8.42 Å². The van der Waals surface area contributed by atoms with Crippen LogP contribution in [-0.4, -0.2) is 20.2 Å². The summed E-state index contributed by atoms with van der Waals surface area (Å²) < 4.78 is 25.4. The molecule has 4 heteroatoms. The molecule has 1 rings (SSSR count). The van der Waals surface area contributed by atoms with Crippen LogP contribution in [0.3, 0.4) is 0 Å². The minimum Gasteiger partial charge on any atom is -0.212 e. The molecule has 3 atom stereocenters. The molecular formula is C9H19NO2S. The Morgan fingerprint density at radius 3 is 2.31 bits per heavy atom. The van der Waals surface area contributed by atoms with E-state index in [1.165, 1.54) is 0 Å². The lowest BCUT2D eigenvalue weighted by molar-refractivity contribution is 0.402. The number of sulfonamides is 1. The third kappa shape index (κ3) is 2.68. The van der Waals surface area contributed by atoms with Gasteiger partial charge in [-0.3, -0.25) is 0 Å². The molecule has 1 fully saturated rings. The monoisotopic (exact) mass is 205 g/mol. The van der Waals surface area contributed by atoms with Gasteiger partial charge in [-0.15, -0.1) is 0 Å². The molecule has 0 spiro atoms. The Kier molecular flexibility index (Phi) is 3.35. The first-order valence-corrected chi connectivity index (χ1v) is 6.61. The number of rotatable bonds is 3. The molecule has 0 radical (unpaired) electrons. The summed E-state index contributed by atoms with van der Waals surface area (Å²) in [6.45, 7) is 5.98. The van der Waals surface area contributed by atoms with Crippen LogP contribution in [0.5, 0.6) is 0 Å². The van der Waals surface area contributed by atoms with Crippen molar-refractivity contribution in [3.63, 3.8) is 0 Å². The Morgan fingerprint density at radius 1 is 1.31 bits per heavy atom. The second-order valence-corrected chi connectivity index (χ2v) is 6.08. The quantitative estimate of drug-likeness (QED) is 0.756. The van der Waals surface area contributed by atoms with Gasteiger partial charge in [0.1, 0.15) is 0 Å². The molecule has 0 amide bonds. The molecule has 0 heterocycles. The first-order chi connectivity index (χ1) is 5.96. The van der Waals surface area contributed by atoms with E-state index in [0.29, 0.717) is 11.8 Å². The summed E-state index contributed by atoms with van der Waals surface area (Å²) in [5, 5.41) is 0. The van der Waals surface area contributed by atoms with E-state index in [0.717, 1.165) is 12.8 Å². The Hall–Kier alpha value is -0.0900. The predicted octanol–water partition coefficient (Wildman–Crippen LogP) is 1.36. The van der Waals surface area contributed by atoms with Gasteiger partial charge in [-0.05, 0) is 31.6 Å². The first-order valence-electron chi connectivity index (χ1n) is 4.96. The maximum Gasteiger partial charge on any atom is 0.211 e. The minimum absolute atomic E-state index is 0.167. The molecular weight excluding hydrogens is 186 g/mol.